The summed E-state index contributed by atoms with van der Waals surface area (Å²) in [7, 11) is 0. The maximum atomic E-state index is 13.5. The number of benzene rings is 3. The van der Waals surface area contributed by atoms with Gasteiger partial charge in [-0.3, -0.25) is 14.2 Å². The van der Waals surface area contributed by atoms with Gasteiger partial charge in [-0.05, 0) is 49.8 Å². The lowest BCUT2D eigenvalue weighted by Crippen LogP contribution is -2.27. The first-order valence-corrected chi connectivity index (χ1v) is 10.8. The van der Waals surface area contributed by atoms with Gasteiger partial charge in [0.05, 0.1) is 27.9 Å². The van der Waals surface area contributed by atoms with Gasteiger partial charge in [0.15, 0.2) is 0 Å². The third-order valence-corrected chi connectivity index (χ3v) is 5.78. The highest BCUT2D eigenvalue weighted by molar-refractivity contribution is 6.35. The molecule has 2 heterocycles. The Morgan fingerprint density at radius 2 is 1.62 bits per heavy atom. The number of amides is 1. The Balaban J connectivity index is 1.78. The van der Waals surface area contributed by atoms with Crippen LogP contribution in [0.15, 0.2) is 77.6 Å². The van der Waals surface area contributed by atoms with E-state index in [0.717, 1.165) is 28.9 Å². The second kappa shape index (κ2) is 7.93. The summed E-state index contributed by atoms with van der Waals surface area (Å²) in [5, 5.41) is 0.543. The quantitative estimate of drug-likeness (QED) is 0.436. The van der Waals surface area contributed by atoms with Crippen molar-refractivity contribution in [1.82, 2.24) is 9.55 Å². The zero-order valence-electron chi connectivity index (χ0n) is 18.1. The summed E-state index contributed by atoms with van der Waals surface area (Å²) in [5.41, 5.74) is 4.59. The molecule has 1 amide bonds. The minimum absolute atomic E-state index is 0.0640. The van der Waals surface area contributed by atoms with Crippen LogP contribution in [0.1, 0.15) is 30.3 Å². The predicted octanol–water partition coefficient (Wildman–Crippen LogP) is 4.99. The van der Waals surface area contributed by atoms with Gasteiger partial charge in [0.2, 0.25) is 0 Å². The molecule has 0 N–H and O–H groups in total. The van der Waals surface area contributed by atoms with E-state index in [2.05, 4.69) is 6.92 Å². The molecule has 1 aliphatic rings. The highest BCUT2D eigenvalue weighted by Gasteiger charge is 2.31. The average molecular weight is 422 g/mol. The van der Waals surface area contributed by atoms with Gasteiger partial charge in [-0.2, -0.15) is 0 Å². The van der Waals surface area contributed by atoms with E-state index in [-0.39, 0.29) is 11.5 Å². The van der Waals surface area contributed by atoms with Crippen LogP contribution in [-0.2, 0) is 4.79 Å². The van der Waals surface area contributed by atoms with Crippen LogP contribution in [0.25, 0.3) is 28.2 Å². The average Bonchev–Trinajstić information content (AvgIpc) is 3.07. The molecule has 158 valence electrons. The number of carbonyl (C=O) groups is 1. The van der Waals surface area contributed by atoms with Gasteiger partial charge in [-0.15, -0.1) is 0 Å². The molecule has 3 aromatic carbocycles. The number of nitrogens with zero attached hydrogens (tertiary/aromatic N) is 3. The lowest BCUT2D eigenvalue weighted by atomic mass is 10.1. The lowest BCUT2D eigenvalue weighted by molar-refractivity contribution is -0.113. The fourth-order valence-corrected chi connectivity index (χ4v) is 4.21. The molecule has 0 saturated heterocycles. The molecule has 5 nitrogen and oxygen atoms in total. The smallest absolute Gasteiger partial charge is 0.266 e. The number of para-hydroxylation sites is 2. The summed E-state index contributed by atoms with van der Waals surface area (Å²) >= 11 is 0. The van der Waals surface area contributed by atoms with E-state index < -0.39 is 0 Å². The molecule has 0 radical (unpaired) electrons. The molecular weight excluding hydrogens is 398 g/mol. The number of aryl methyl sites for hydroxylation is 1. The number of aromatic nitrogens is 2. The van der Waals surface area contributed by atoms with Crippen LogP contribution < -0.4 is 10.5 Å². The maximum absolute atomic E-state index is 13.5. The molecule has 0 aliphatic carbocycles. The van der Waals surface area contributed by atoms with Crippen LogP contribution in [0.5, 0.6) is 0 Å². The fraction of sp³-hybridized carbons (Fsp3) is 0.148. The molecule has 0 spiro atoms. The van der Waals surface area contributed by atoms with Gasteiger partial charge >= 0.3 is 0 Å². The van der Waals surface area contributed by atoms with E-state index in [1.807, 2.05) is 73.7 Å². The predicted molar refractivity (Wildman–Crippen MR) is 129 cm³/mol. The summed E-state index contributed by atoms with van der Waals surface area (Å²) in [6.45, 7) is 4.70. The monoisotopic (exact) mass is 421 g/mol. The van der Waals surface area contributed by atoms with Crippen molar-refractivity contribution in [2.45, 2.75) is 20.3 Å². The Labute approximate surface area is 186 Å². The number of carbonyl (C=O) groups excluding carboxylic acids is 1. The highest BCUT2D eigenvalue weighted by atomic mass is 16.2. The van der Waals surface area contributed by atoms with Crippen LogP contribution in [0.3, 0.4) is 0 Å². The molecule has 5 rings (SSSR count). The summed E-state index contributed by atoms with van der Waals surface area (Å²) in [5.74, 6) is 0.375. The van der Waals surface area contributed by atoms with Gasteiger partial charge in [0.25, 0.3) is 11.5 Å². The van der Waals surface area contributed by atoms with Crippen LogP contribution in [0.4, 0.5) is 5.69 Å². The number of fused-ring (bicyclic) bond motifs is 2. The Bertz CT molecular complexity index is 1430. The van der Waals surface area contributed by atoms with E-state index in [1.165, 1.54) is 0 Å². The lowest BCUT2D eigenvalue weighted by Gasteiger charge is -2.15. The Morgan fingerprint density at radius 1 is 0.906 bits per heavy atom. The SMILES string of the molecule is CCCN1C(=O)C(=Cc2nc3ccccc3c(=O)n2-c2ccc(C)cc2)c2ccccc21. The summed E-state index contributed by atoms with van der Waals surface area (Å²) in [6, 6.07) is 22.8. The number of anilines is 1. The zero-order valence-corrected chi connectivity index (χ0v) is 18.1. The molecule has 5 heteroatoms. The minimum Gasteiger partial charge on any atom is -0.308 e. The highest BCUT2D eigenvalue weighted by Crippen LogP contribution is 2.37. The van der Waals surface area contributed by atoms with Gasteiger partial charge < -0.3 is 4.90 Å². The Hall–Kier alpha value is -3.99. The molecule has 32 heavy (non-hydrogen) atoms. The Kier molecular flexibility index (Phi) is 4.94. The first kappa shape index (κ1) is 19.9. The maximum Gasteiger partial charge on any atom is 0.266 e. The zero-order chi connectivity index (χ0) is 22.2. The fourth-order valence-electron chi connectivity index (χ4n) is 4.21. The first-order valence-electron chi connectivity index (χ1n) is 10.8. The standard InChI is InChI=1S/C27H23N3O2/c1-3-16-29-24-11-7-5-8-20(24)22(26(29)31)17-25-28-23-10-6-4-9-21(23)27(32)30(25)19-14-12-18(2)13-15-19/h4-15,17H,3,16H2,1-2H3. The number of hydrogen-bond donors (Lipinski definition) is 0. The molecule has 0 bridgehead atoms. The van der Waals surface area contributed by atoms with E-state index in [4.69, 9.17) is 4.98 Å². The molecule has 0 atom stereocenters. The molecule has 0 fully saturated rings. The summed E-state index contributed by atoms with van der Waals surface area (Å²) < 4.78 is 1.59. The van der Waals surface area contributed by atoms with Gasteiger partial charge in [0.1, 0.15) is 5.82 Å². The van der Waals surface area contributed by atoms with Crippen molar-refractivity contribution in [2.75, 3.05) is 11.4 Å². The van der Waals surface area contributed by atoms with Crippen molar-refractivity contribution in [2.24, 2.45) is 0 Å². The third-order valence-electron chi connectivity index (χ3n) is 5.78. The molecular formula is C27H23N3O2. The van der Waals surface area contributed by atoms with E-state index >= 15 is 0 Å². The summed E-state index contributed by atoms with van der Waals surface area (Å²) in [4.78, 5) is 33.4. The van der Waals surface area contributed by atoms with Crippen molar-refractivity contribution in [3.63, 3.8) is 0 Å². The van der Waals surface area contributed by atoms with E-state index in [0.29, 0.717) is 28.8 Å². The second-order valence-corrected chi connectivity index (χ2v) is 8.00. The van der Waals surface area contributed by atoms with Crippen LogP contribution >= 0.6 is 0 Å². The Morgan fingerprint density at radius 3 is 2.41 bits per heavy atom. The van der Waals surface area contributed by atoms with Crippen molar-refractivity contribution in [3.8, 4) is 5.69 Å². The molecule has 0 saturated carbocycles. The molecule has 0 unspecified atom stereocenters. The molecule has 1 aromatic heterocycles. The largest absolute Gasteiger partial charge is 0.308 e. The van der Waals surface area contributed by atoms with E-state index in [1.54, 1.807) is 21.6 Å². The topological polar surface area (TPSA) is 55.2 Å². The van der Waals surface area contributed by atoms with Crippen molar-refractivity contribution < 1.29 is 4.79 Å². The van der Waals surface area contributed by atoms with Crippen molar-refractivity contribution in [1.29, 1.82) is 0 Å². The summed E-state index contributed by atoms with van der Waals surface area (Å²) in [6.07, 6.45) is 2.61. The van der Waals surface area contributed by atoms with Crippen molar-refractivity contribution in [3.05, 3.63) is 100 Å². The second-order valence-electron chi connectivity index (χ2n) is 8.00. The first-order chi connectivity index (χ1) is 15.6. The van der Waals surface area contributed by atoms with Gasteiger partial charge in [-0.25, -0.2) is 4.98 Å². The number of hydrogen-bond acceptors (Lipinski definition) is 3. The van der Waals surface area contributed by atoms with Crippen LogP contribution in [-0.4, -0.2) is 22.0 Å². The number of rotatable bonds is 4. The van der Waals surface area contributed by atoms with Crippen LogP contribution in [0, 0.1) is 6.92 Å². The minimum atomic E-state index is -0.157. The van der Waals surface area contributed by atoms with Gasteiger partial charge in [0, 0.05) is 12.1 Å². The van der Waals surface area contributed by atoms with Crippen LogP contribution in [0.2, 0.25) is 0 Å². The van der Waals surface area contributed by atoms with Crippen molar-refractivity contribution >= 4 is 34.1 Å². The molecule has 4 aromatic rings. The molecule has 1 aliphatic heterocycles. The van der Waals surface area contributed by atoms with Gasteiger partial charge in [-0.1, -0.05) is 55.0 Å². The third kappa shape index (κ3) is 3.23. The van der Waals surface area contributed by atoms with E-state index in [9.17, 15) is 9.59 Å². The normalized spacial score (nSPS) is 14.4.